The highest BCUT2D eigenvalue weighted by Crippen LogP contribution is 2.06. The van der Waals surface area contributed by atoms with Crippen molar-refractivity contribution in [2.75, 3.05) is 17.8 Å². The Bertz CT molecular complexity index is 154. The van der Waals surface area contributed by atoms with Gasteiger partial charge in [0.05, 0.1) is 13.0 Å². The summed E-state index contributed by atoms with van der Waals surface area (Å²) in [6, 6.07) is 0. The van der Waals surface area contributed by atoms with Crippen LogP contribution in [0.1, 0.15) is 44.9 Å². The summed E-state index contributed by atoms with van der Waals surface area (Å²) in [7, 11) is 0. The second kappa shape index (κ2) is 12.3. The molecule has 0 aliphatic carbocycles. The Morgan fingerprint density at radius 1 is 1.07 bits per heavy atom. The molecule has 0 atom stereocenters. The number of halogens is 2. The molecule has 0 fully saturated rings. The molecule has 0 unspecified atom stereocenters. The monoisotopic (exact) mass is 298 g/mol. The van der Waals surface area contributed by atoms with Crippen LogP contribution in [-0.2, 0) is 9.53 Å². The summed E-state index contributed by atoms with van der Waals surface area (Å²) in [5.41, 5.74) is 0. The minimum absolute atomic E-state index is 0.177. The number of hydrogen-bond donors (Lipinski definition) is 0. The molecule has 2 nitrogen and oxygen atoms in total. The van der Waals surface area contributed by atoms with Crippen molar-refractivity contribution >= 4 is 33.5 Å². The molecule has 90 valence electrons. The maximum atomic E-state index is 10.9. The van der Waals surface area contributed by atoms with Gasteiger partial charge in [-0.1, -0.05) is 41.6 Å². The van der Waals surface area contributed by atoms with Crippen molar-refractivity contribution in [3.8, 4) is 0 Å². The summed E-state index contributed by atoms with van der Waals surface area (Å²) in [6.45, 7) is 0.550. The zero-order valence-electron chi connectivity index (χ0n) is 9.14. The fourth-order valence-electron chi connectivity index (χ4n) is 1.24. The van der Waals surface area contributed by atoms with Crippen molar-refractivity contribution in [1.82, 2.24) is 0 Å². The van der Waals surface area contributed by atoms with Crippen LogP contribution >= 0.6 is 27.5 Å². The van der Waals surface area contributed by atoms with E-state index in [9.17, 15) is 4.79 Å². The summed E-state index contributed by atoms with van der Waals surface area (Å²) in [6.07, 6.45) is 7.51. The lowest BCUT2D eigenvalue weighted by atomic mass is 10.1. The van der Waals surface area contributed by atoms with E-state index in [2.05, 4.69) is 15.9 Å². The first kappa shape index (κ1) is 15.2. The van der Waals surface area contributed by atoms with E-state index in [0.717, 1.165) is 18.2 Å². The average Bonchev–Trinajstić information content (AvgIpc) is 2.22. The van der Waals surface area contributed by atoms with Gasteiger partial charge in [0, 0.05) is 11.2 Å². The topological polar surface area (TPSA) is 26.3 Å². The zero-order chi connectivity index (χ0) is 11.4. The second-order valence-corrected chi connectivity index (χ2v) is 4.64. The maximum absolute atomic E-state index is 10.9. The molecule has 0 N–H and O–H groups in total. The standard InChI is InChI=1S/C11H20BrClO2/c12-8-5-3-1-2-4-6-10-15-11(14)7-9-13/h1-10H2. The first-order chi connectivity index (χ1) is 7.31. The first-order valence-corrected chi connectivity index (χ1v) is 7.24. The fraction of sp³-hybridized carbons (Fsp3) is 0.909. The third kappa shape index (κ3) is 12.2. The van der Waals surface area contributed by atoms with E-state index in [1.165, 1.54) is 25.7 Å². The van der Waals surface area contributed by atoms with Gasteiger partial charge in [-0.05, 0) is 12.8 Å². The first-order valence-electron chi connectivity index (χ1n) is 5.58. The molecule has 0 bridgehead atoms. The Morgan fingerprint density at radius 3 is 2.27 bits per heavy atom. The molecule has 0 saturated carbocycles. The van der Waals surface area contributed by atoms with Crippen LogP contribution in [0.15, 0.2) is 0 Å². The molecule has 0 aromatic carbocycles. The van der Waals surface area contributed by atoms with Gasteiger partial charge in [-0.15, -0.1) is 11.6 Å². The molecular formula is C11H20BrClO2. The lowest BCUT2D eigenvalue weighted by Crippen LogP contribution is -2.06. The van der Waals surface area contributed by atoms with Gasteiger partial charge in [-0.25, -0.2) is 0 Å². The molecule has 0 spiro atoms. The summed E-state index contributed by atoms with van der Waals surface area (Å²) >= 11 is 8.81. The fourth-order valence-corrected chi connectivity index (χ4v) is 1.79. The number of alkyl halides is 2. The van der Waals surface area contributed by atoms with Gasteiger partial charge in [0.15, 0.2) is 0 Å². The van der Waals surface area contributed by atoms with E-state index in [1.54, 1.807) is 0 Å². The van der Waals surface area contributed by atoms with Gasteiger partial charge in [0.25, 0.3) is 0 Å². The second-order valence-electron chi connectivity index (χ2n) is 3.47. The van der Waals surface area contributed by atoms with Crippen LogP contribution in [0.25, 0.3) is 0 Å². The van der Waals surface area contributed by atoms with Crippen molar-refractivity contribution in [2.24, 2.45) is 0 Å². The van der Waals surface area contributed by atoms with Gasteiger partial charge in [-0.2, -0.15) is 0 Å². The minimum atomic E-state index is -0.177. The molecule has 0 saturated heterocycles. The zero-order valence-corrected chi connectivity index (χ0v) is 11.5. The molecule has 0 rings (SSSR count). The molecule has 4 heteroatoms. The molecule has 0 heterocycles. The molecule has 0 radical (unpaired) electrons. The summed E-state index contributed by atoms with van der Waals surface area (Å²) in [5, 5.41) is 1.10. The molecule has 0 aromatic heterocycles. The van der Waals surface area contributed by atoms with E-state index in [-0.39, 0.29) is 5.97 Å². The van der Waals surface area contributed by atoms with Crippen LogP contribution in [-0.4, -0.2) is 23.8 Å². The maximum Gasteiger partial charge on any atom is 0.306 e. The Kier molecular flexibility index (Phi) is 12.5. The Labute approximate surface area is 106 Å². The van der Waals surface area contributed by atoms with E-state index in [4.69, 9.17) is 16.3 Å². The van der Waals surface area contributed by atoms with Crippen LogP contribution in [0, 0.1) is 0 Å². The number of carbonyl (C=O) groups excluding carboxylic acids is 1. The number of rotatable bonds is 10. The quantitative estimate of drug-likeness (QED) is 0.347. The number of ether oxygens (including phenoxy) is 1. The van der Waals surface area contributed by atoms with Gasteiger partial charge in [0.2, 0.25) is 0 Å². The van der Waals surface area contributed by atoms with Crippen molar-refractivity contribution in [3.63, 3.8) is 0 Å². The van der Waals surface area contributed by atoms with Crippen LogP contribution in [0.4, 0.5) is 0 Å². The number of unbranched alkanes of at least 4 members (excludes halogenated alkanes) is 5. The number of carbonyl (C=O) groups is 1. The molecule has 0 amide bonds. The Hall–Kier alpha value is 0.240. The van der Waals surface area contributed by atoms with Crippen LogP contribution in [0.2, 0.25) is 0 Å². The van der Waals surface area contributed by atoms with E-state index in [0.29, 0.717) is 18.9 Å². The smallest absolute Gasteiger partial charge is 0.306 e. The van der Waals surface area contributed by atoms with Crippen LogP contribution in [0.3, 0.4) is 0 Å². The minimum Gasteiger partial charge on any atom is -0.466 e. The largest absolute Gasteiger partial charge is 0.466 e. The van der Waals surface area contributed by atoms with E-state index >= 15 is 0 Å². The van der Waals surface area contributed by atoms with E-state index in [1.807, 2.05) is 0 Å². The van der Waals surface area contributed by atoms with Crippen molar-refractivity contribution in [3.05, 3.63) is 0 Å². The number of hydrogen-bond acceptors (Lipinski definition) is 2. The van der Waals surface area contributed by atoms with Crippen molar-refractivity contribution in [1.29, 1.82) is 0 Å². The third-order valence-electron chi connectivity index (χ3n) is 2.09. The van der Waals surface area contributed by atoms with Crippen molar-refractivity contribution in [2.45, 2.75) is 44.9 Å². The molecule has 15 heavy (non-hydrogen) atoms. The van der Waals surface area contributed by atoms with Crippen molar-refractivity contribution < 1.29 is 9.53 Å². The summed E-state index contributed by atoms with van der Waals surface area (Å²) in [4.78, 5) is 10.9. The predicted octanol–water partition coefficient (Wildman–Crippen LogP) is 3.89. The lowest BCUT2D eigenvalue weighted by Gasteiger charge is -2.03. The lowest BCUT2D eigenvalue weighted by molar-refractivity contribution is -0.143. The number of esters is 1. The van der Waals surface area contributed by atoms with Crippen LogP contribution in [0.5, 0.6) is 0 Å². The van der Waals surface area contributed by atoms with Gasteiger partial charge in [-0.3, -0.25) is 4.79 Å². The van der Waals surface area contributed by atoms with Gasteiger partial charge >= 0.3 is 5.97 Å². The molecular weight excluding hydrogens is 279 g/mol. The summed E-state index contributed by atoms with van der Waals surface area (Å²) < 4.78 is 4.98. The Morgan fingerprint density at radius 2 is 1.67 bits per heavy atom. The average molecular weight is 300 g/mol. The SMILES string of the molecule is O=C(CCCl)OCCCCCCCCBr. The predicted molar refractivity (Wildman–Crippen MR) is 67.8 cm³/mol. The Balaban J connectivity index is 3.01. The van der Waals surface area contributed by atoms with E-state index < -0.39 is 0 Å². The highest BCUT2D eigenvalue weighted by atomic mass is 79.9. The highest BCUT2D eigenvalue weighted by molar-refractivity contribution is 9.09. The van der Waals surface area contributed by atoms with Crippen LogP contribution < -0.4 is 0 Å². The third-order valence-corrected chi connectivity index (χ3v) is 2.84. The highest BCUT2D eigenvalue weighted by Gasteiger charge is 2.00. The molecule has 0 aliphatic heterocycles. The van der Waals surface area contributed by atoms with Gasteiger partial charge in [0.1, 0.15) is 0 Å². The normalized spacial score (nSPS) is 10.3. The molecule has 0 aromatic rings. The summed E-state index contributed by atoms with van der Waals surface area (Å²) in [5.74, 6) is 0.176. The van der Waals surface area contributed by atoms with Gasteiger partial charge < -0.3 is 4.74 Å². The molecule has 0 aliphatic rings.